The van der Waals surface area contributed by atoms with Crippen LogP contribution < -0.4 is 4.74 Å². The second-order valence-electron chi connectivity index (χ2n) is 20.7. The van der Waals surface area contributed by atoms with Gasteiger partial charge in [0.1, 0.15) is 37.6 Å². The van der Waals surface area contributed by atoms with Gasteiger partial charge in [-0.1, -0.05) is 193 Å². The van der Waals surface area contributed by atoms with Crippen molar-refractivity contribution in [2.75, 3.05) is 26.4 Å². The molecule has 0 saturated carbocycles. The Morgan fingerprint density at radius 2 is 0.871 bits per heavy atom. The van der Waals surface area contributed by atoms with E-state index >= 15 is 0 Å². The molecule has 0 aliphatic rings. The number of unbranched alkanes of at least 4 members (excludes halogenated alkanes) is 24. The van der Waals surface area contributed by atoms with Crippen molar-refractivity contribution in [2.45, 2.75) is 278 Å². The molecule has 1 aromatic rings. The molecule has 1 amide bonds. The van der Waals surface area contributed by atoms with Crippen molar-refractivity contribution >= 4 is 30.0 Å². The molecular formula is C58H101NO11. The maximum Gasteiger partial charge on any atom is 0.410 e. The van der Waals surface area contributed by atoms with E-state index in [4.69, 9.17) is 28.4 Å². The van der Waals surface area contributed by atoms with Crippen molar-refractivity contribution in [3.8, 4) is 5.75 Å². The molecule has 1 aromatic carbocycles. The van der Waals surface area contributed by atoms with Gasteiger partial charge < -0.3 is 33.3 Å². The minimum absolute atomic E-state index is 0.0612. The SMILES string of the molecule is CCCCCCCCCCCCCCCC(=O)OCC(COC(=O)CCCCCCCCCCCCCCC)OC(=O)CC(=O)OC(COc1ccc(CCC)cc1)CN(C(=O)OC(C)(C)C)C(C)C. The number of carbonyl (C=O) groups excluding carboxylic acids is 5. The molecule has 1 atom stereocenters. The molecule has 0 N–H and O–H groups in total. The zero-order valence-electron chi connectivity index (χ0n) is 45.7. The zero-order chi connectivity index (χ0) is 51.7. The Balaban J connectivity index is 2.81. The van der Waals surface area contributed by atoms with E-state index in [0.29, 0.717) is 18.6 Å². The molecular weight excluding hydrogens is 887 g/mol. The summed E-state index contributed by atoms with van der Waals surface area (Å²) in [6, 6.07) is 7.32. The number of carbonyl (C=O) groups is 5. The molecule has 404 valence electrons. The predicted molar refractivity (Wildman–Crippen MR) is 281 cm³/mol. The van der Waals surface area contributed by atoms with Crippen LogP contribution in [0.5, 0.6) is 5.75 Å². The topological polar surface area (TPSA) is 144 Å². The number of hydrogen-bond donors (Lipinski definition) is 0. The maximum absolute atomic E-state index is 13.4. The number of rotatable bonds is 44. The number of nitrogens with zero attached hydrogens (tertiary/aromatic N) is 1. The Labute approximate surface area is 426 Å². The van der Waals surface area contributed by atoms with Crippen molar-refractivity contribution in [2.24, 2.45) is 0 Å². The molecule has 0 saturated heterocycles. The van der Waals surface area contributed by atoms with Crippen LogP contribution in [0, 0.1) is 0 Å². The highest BCUT2D eigenvalue weighted by molar-refractivity contribution is 5.91. The van der Waals surface area contributed by atoms with Crippen LogP contribution in [-0.4, -0.2) is 85.1 Å². The number of ether oxygens (including phenoxy) is 6. The number of amides is 1. The normalized spacial score (nSPS) is 11.9. The molecule has 1 unspecified atom stereocenters. The molecule has 0 aliphatic carbocycles. The minimum Gasteiger partial charge on any atom is -0.490 e. The monoisotopic (exact) mass is 988 g/mol. The van der Waals surface area contributed by atoms with E-state index in [9.17, 15) is 24.0 Å². The number of benzene rings is 1. The molecule has 70 heavy (non-hydrogen) atoms. The quantitative estimate of drug-likeness (QED) is 0.0267. The minimum atomic E-state index is -1.12. The molecule has 1 rings (SSSR count). The fourth-order valence-electron chi connectivity index (χ4n) is 8.17. The molecule has 0 heterocycles. The third-order valence-corrected chi connectivity index (χ3v) is 12.3. The van der Waals surface area contributed by atoms with Crippen LogP contribution >= 0.6 is 0 Å². The number of hydrogen-bond acceptors (Lipinski definition) is 11. The lowest BCUT2D eigenvalue weighted by Crippen LogP contribution is -2.47. The lowest BCUT2D eigenvalue weighted by molar-refractivity contribution is -0.171. The highest BCUT2D eigenvalue weighted by Gasteiger charge is 2.30. The summed E-state index contributed by atoms with van der Waals surface area (Å²) in [5.41, 5.74) is 0.411. The van der Waals surface area contributed by atoms with Crippen molar-refractivity contribution in [3.05, 3.63) is 29.8 Å². The van der Waals surface area contributed by atoms with E-state index in [2.05, 4.69) is 20.8 Å². The van der Waals surface area contributed by atoms with E-state index < -0.39 is 54.2 Å². The summed E-state index contributed by atoms with van der Waals surface area (Å²) in [5.74, 6) is -2.13. The van der Waals surface area contributed by atoms with E-state index in [-0.39, 0.29) is 45.2 Å². The van der Waals surface area contributed by atoms with Crippen molar-refractivity contribution in [1.29, 1.82) is 0 Å². The lowest BCUT2D eigenvalue weighted by Gasteiger charge is -2.32. The fraction of sp³-hybridized carbons (Fsp3) is 0.810. The molecule has 0 bridgehead atoms. The first-order chi connectivity index (χ1) is 33.7. The van der Waals surface area contributed by atoms with Crippen molar-refractivity contribution in [1.82, 2.24) is 4.90 Å². The van der Waals surface area contributed by atoms with E-state index in [0.717, 1.165) is 51.4 Å². The Morgan fingerprint density at radius 3 is 1.24 bits per heavy atom. The van der Waals surface area contributed by atoms with Gasteiger partial charge in [-0.15, -0.1) is 0 Å². The Kier molecular flexibility index (Phi) is 38.3. The smallest absolute Gasteiger partial charge is 0.410 e. The van der Waals surface area contributed by atoms with Crippen LogP contribution in [0.3, 0.4) is 0 Å². The third kappa shape index (κ3) is 37.0. The van der Waals surface area contributed by atoms with Gasteiger partial charge in [0.2, 0.25) is 0 Å². The summed E-state index contributed by atoms with van der Waals surface area (Å²) in [5, 5.41) is 0. The summed E-state index contributed by atoms with van der Waals surface area (Å²) in [7, 11) is 0. The Bertz CT molecular complexity index is 1440. The average molecular weight is 988 g/mol. The van der Waals surface area contributed by atoms with Gasteiger partial charge in [0.25, 0.3) is 0 Å². The van der Waals surface area contributed by atoms with E-state index in [1.54, 1.807) is 20.8 Å². The van der Waals surface area contributed by atoms with Crippen LogP contribution in [0.1, 0.15) is 254 Å². The highest BCUT2D eigenvalue weighted by Crippen LogP contribution is 2.19. The summed E-state index contributed by atoms with van der Waals surface area (Å²) < 4.78 is 34.1. The summed E-state index contributed by atoms with van der Waals surface area (Å²) in [4.78, 5) is 66.9. The van der Waals surface area contributed by atoms with Gasteiger partial charge in [-0.2, -0.15) is 0 Å². The first kappa shape index (κ1) is 64.2. The number of aryl methyl sites for hydroxylation is 1. The molecule has 12 nitrogen and oxygen atoms in total. The predicted octanol–water partition coefficient (Wildman–Crippen LogP) is 14.9. The van der Waals surface area contributed by atoms with Gasteiger partial charge in [0, 0.05) is 18.9 Å². The van der Waals surface area contributed by atoms with Gasteiger partial charge in [-0.3, -0.25) is 19.2 Å². The Morgan fingerprint density at radius 1 is 0.486 bits per heavy atom. The first-order valence-electron chi connectivity index (χ1n) is 28.1. The van der Waals surface area contributed by atoms with Gasteiger partial charge in [-0.25, -0.2) is 4.79 Å². The van der Waals surface area contributed by atoms with Crippen molar-refractivity contribution in [3.63, 3.8) is 0 Å². The highest BCUT2D eigenvalue weighted by atomic mass is 16.6. The summed E-state index contributed by atoms with van der Waals surface area (Å²) in [6.07, 6.45) is 30.0. The molecule has 0 aromatic heterocycles. The van der Waals surface area contributed by atoms with Gasteiger partial charge in [-0.05, 0) is 71.6 Å². The largest absolute Gasteiger partial charge is 0.490 e. The maximum atomic E-state index is 13.4. The second kappa shape index (κ2) is 41.8. The van der Waals surface area contributed by atoms with Gasteiger partial charge in [0.15, 0.2) is 12.2 Å². The third-order valence-electron chi connectivity index (χ3n) is 12.3. The van der Waals surface area contributed by atoms with Crippen LogP contribution in [0.4, 0.5) is 4.79 Å². The Hall–Kier alpha value is -3.83. The van der Waals surface area contributed by atoms with Gasteiger partial charge in [0.05, 0.1) is 6.54 Å². The lowest BCUT2D eigenvalue weighted by atomic mass is 10.0. The van der Waals surface area contributed by atoms with Crippen LogP contribution in [0.2, 0.25) is 0 Å². The average Bonchev–Trinajstić information content (AvgIpc) is 3.30. The van der Waals surface area contributed by atoms with Gasteiger partial charge >= 0.3 is 30.0 Å². The first-order valence-corrected chi connectivity index (χ1v) is 28.1. The molecule has 0 fully saturated rings. The van der Waals surface area contributed by atoms with Crippen LogP contribution in [-0.2, 0) is 49.3 Å². The summed E-state index contributed by atoms with van der Waals surface area (Å²) in [6.45, 7) is 14.8. The second-order valence-corrected chi connectivity index (χ2v) is 20.7. The van der Waals surface area contributed by atoms with Crippen molar-refractivity contribution < 1.29 is 52.4 Å². The standard InChI is InChI=1S/C58H101NO11/c1-9-12-14-16-18-20-22-24-26-28-30-32-34-37-53(60)66-46-52(47-67-54(61)38-35-33-31-29-27-25-23-21-19-17-15-13-10-2)69-56(63)43-55(62)68-51(44-59(48(4)5)57(64)70-58(6,7)8)45-65-50-41-39-49(36-11-3)40-42-50/h39-42,48,51-52H,9-38,43-47H2,1-8H3. The zero-order valence-corrected chi connectivity index (χ0v) is 45.7. The number of esters is 4. The molecule has 0 spiro atoms. The molecule has 0 radical (unpaired) electrons. The fourth-order valence-corrected chi connectivity index (χ4v) is 8.17. The van der Waals surface area contributed by atoms with E-state index in [1.807, 2.05) is 38.1 Å². The van der Waals surface area contributed by atoms with E-state index in [1.165, 1.54) is 126 Å². The van der Waals surface area contributed by atoms with Crippen LogP contribution in [0.15, 0.2) is 24.3 Å². The van der Waals surface area contributed by atoms with Crippen LogP contribution in [0.25, 0.3) is 0 Å². The molecule has 12 heteroatoms. The summed E-state index contributed by atoms with van der Waals surface area (Å²) >= 11 is 0. The molecule has 0 aliphatic heterocycles.